The first kappa shape index (κ1) is 12.5. The predicted octanol–water partition coefficient (Wildman–Crippen LogP) is 2.21. The lowest BCUT2D eigenvalue weighted by Gasteiger charge is -2.13. The first-order valence-electron chi connectivity index (χ1n) is 4.73. The van der Waals surface area contributed by atoms with E-state index in [-0.39, 0.29) is 0 Å². The van der Waals surface area contributed by atoms with Gasteiger partial charge in [0.2, 0.25) is 0 Å². The molecule has 0 heterocycles. The van der Waals surface area contributed by atoms with Gasteiger partial charge in [-0.2, -0.15) is 0 Å². The predicted molar refractivity (Wildman–Crippen MR) is 62.4 cm³/mol. The van der Waals surface area contributed by atoms with E-state index in [4.69, 9.17) is 11.6 Å². The molecule has 0 saturated carbocycles. The molecule has 4 N–H and O–H groups in total. The van der Waals surface area contributed by atoms with E-state index in [1.165, 1.54) is 5.01 Å². The number of anilines is 1. The van der Waals surface area contributed by atoms with Crippen LogP contribution in [0.3, 0.4) is 0 Å². The standard InChI is InChI=1S/C9H13N3.C2H6/c1-8(10)7-12(11)9-5-3-2-4-6-9;1-2/h2-7H,10-11H2,1H3;1-2H3/b8-7-;. The van der Waals surface area contributed by atoms with Gasteiger partial charge < -0.3 is 5.73 Å². The first-order valence-corrected chi connectivity index (χ1v) is 4.73. The van der Waals surface area contributed by atoms with Crippen LogP contribution >= 0.6 is 0 Å². The van der Waals surface area contributed by atoms with Crippen LogP contribution in [0.15, 0.2) is 42.2 Å². The lowest BCUT2D eigenvalue weighted by molar-refractivity contribution is 1.05. The van der Waals surface area contributed by atoms with Crippen molar-refractivity contribution in [3.63, 3.8) is 0 Å². The Labute approximate surface area is 86.0 Å². The van der Waals surface area contributed by atoms with Crippen molar-refractivity contribution in [1.82, 2.24) is 0 Å². The molecule has 0 aromatic heterocycles. The van der Waals surface area contributed by atoms with E-state index in [0.29, 0.717) is 5.70 Å². The normalized spacial score (nSPS) is 10.1. The summed E-state index contributed by atoms with van der Waals surface area (Å²) in [6.07, 6.45) is 1.68. The van der Waals surface area contributed by atoms with E-state index in [1.807, 2.05) is 44.2 Å². The van der Waals surface area contributed by atoms with Gasteiger partial charge in [0.15, 0.2) is 0 Å². The number of nitrogens with zero attached hydrogens (tertiary/aromatic N) is 1. The zero-order valence-electron chi connectivity index (χ0n) is 9.07. The fourth-order valence-corrected chi connectivity index (χ4v) is 0.894. The van der Waals surface area contributed by atoms with E-state index in [0.717, 1.165) is 5.69 Å². The molecule has 0 unspecified atom stereocenters. The summed E-state index contributed by atoms with van der Waals surface area (Å²) in [5, 5.41) is 1.50. The highest BCUT2D eigenvalue weighted by atomic mass is 15.4. The largest absolute Gasteiger partial charge is 0.401 e. The van der Waals surface area contributed by atoms with Crippen LogP contribution in [0.4, 0.5) is 5.69 Å². The molecule has 0 aliphatic carbocycles. The molecule has 0 aliphatic heterocycles. The van der Waals surface area contributed by atoms with Crippen LogP contribution in [0.5, 0.6) is 0 Å². The van der Waals surface area contributed by atoms with E-state index in [9.17, 15) is 0 Å². The van der Waals surface area contributed by atoms with Crippen molar-refractivity contribution in [2.24, 2.45) is 11.6 Å². The average Bonchev–Trinajstić information content (AvgIpc) is 2.21. The Kier molecular flexibility index (Phi) is 6.24. The molecule has 0 amide bonds. The maximum Gasteiger partial charge on any atom is 0.0568 e. The lowest BCUT2D eigenvalue weighted by atomic mass is 10.3. The number of benzene rings is 1. The molecular formula is C11H19N3. The molecule has 1 rings (SSSR count). The second-order valence-corrected chi connectivity index (χ2v) is 2.62. The van der Waals surface area contributed by atoms with Gasteiger partial charge >= 0.3 is 0 Å². The lowest BCUT2D eigenvalue weighted by Crippen LogP contribution is -2.25. The molecule has 0 aliphatic rings. The van der Waals surface area contributed by atoms with Crippen molar-refractivity contribution < 1.29 is 0 Å². The van der Waals surface area contributed by atoms with E-state index in [1.54, 1.807) is 13.1 Å². The summed E-state index contributed by atoms with van der Waals surface area (Å²) in [6, 6.07) is 9.62. The van der Waals surface area contributed by atoms with Gasteiger partial charge in [-0.15, -0.1) is 0 Å². The summed E-state index contributed by atoms with van der Waals surface area (Å²) in [5.74, 6) is 5.67. The number of hydrogen-bond donors (Lipinski definition) is 2. The smallest absolute Gasteiger partial charge is 0.0568 e. The number of hydrazine groups is 1. The third kappa shape index (κ3) is 4.52. The van der Waals surface area contributed by atoms with Crippen LogP contribution in [-0.2, 0) is 0 Å². The Hall–Kier alpha value is -1.48. The summed E-state index contributed by atoms with van der Waals surface area (Å²) in [4.78, 5) is 0. The third-order valence-corrected chi connectivity index (χ3v) is 1.40. The summed E-state index contributed by atoms with van der Waals surface area (Å²) in [5.41, 5.74) is 7.07. The third-order valence-electron chi connectivity index (χ3n) is 1.40. The number of rotatable bonds is 2. The van der Waals surface area contributed by atoms with E-state index >= 15 is 0 Å². The van der Waals surface area contributed by atoms with Gasteiger partial charge in [0.05, 0.1) is 5.69 Å². The molecule has 0 saturated heterocycles. The Morgan fingerprint density at radius 3 is 2.14 bits per heavy atom. The second-order valence-electron chi connectivity index (χ2n) is 2.62. The second kappa shape index (κ2) is 6.97. The van der Waals surface area contributed by atoms with Crippen LogP contribution < -0.4 is 16.6 Å². The number of nitrogens with two attached hydrogens (primary N) is 2. The monoisotopic (exact) mass is 193 g/mol. The van der Waals surface area contributed by atoms with Crippen molar-refractivity contribution in [3.8, 4) is 0 Å². The van der Waals surface area contributed by atoms with Crippen LogP contribution in [0.1, 0.15) is 20.8 Å². The molecule has 1 aromatic rings. The number of para-hydroxylation sites is 1. The van der Waals surface area contributed by atoms with Gasteiger partial charge in [-0.25, -0.2) is 5.84 Å². The van der Waals surface area contributed by atoms with Crippen LogP contribution in [0, 0.1) is 0 Å². The minimum atomic E-state index is 0.682. The minimum absolute atomic E-state index is 0.682. The van der Waals surface area contributed by atoms with Crippen LogP contribution in [0.25, 0.3) is 0 Å². The summed E-state index contributed by atoms with van der Waals surface area (Å²) in [6.45, 7) is 5.79. The van der Waals surface area contributed by atoms with Crippen molar-refractivity contribution >= 4 is 5.69 Å². The zero-order chi connectivity index (χ0) is 11.0. The van der Waals surface area contributed by atoms with Crippen molar-refractivity contribution in [3.05, 3.63) is 42.2 Å². The van der Waals surface area contributed by atoms with Gasteiger partial charge in [0.1, 0.15) is 0 Å². The number of hydrogen-bond acceptors (Lipinski definition) is 3. The number of allylic oxidation sites excluding steroid dienone is 1. The van der Waals surface area contributed by atoms with Crippen LogP contribution in [-0.4, -0.2) is 0 Å². The molecule has 14 heavy (non-hydrogen) atoms. The van der Waals surface area contributed by atoms with Crippen LogP contribution in [0.2, 0.25) is 0 Å². The Morgan fingerprint density at radius 2 is 1.71 bits per heavy atom. The zero-order valence-corrected chi connectivity index (χ0v) is 9.07. The SMILES string of the molecule is C/C(N)=C/N(N)c1ccccc1.CC. The first-order chi connectivity index (χ1) is 6.70. The van der Waals surface area contributed by atoms with E-state index in [2.05, 4.69) is 0 Å². The Balaban J connectivity index is 0.000000791. The average molecular weight is 193 g/mol. The molecular weight excluding hydrogens is 174 g/mol. The van der Waals surface area contributed by atoms with Crippen molar-refractivity contribution in [2.75, 3.05) is 5.01 Å². The van der Waals surface area contributed by atoms with Gasteiger partial charge in [0.25, 0.3) is 0 Å². The summed E-state index contributed by atoms with van der Waals surface area (Å²) >= 11 is 0. The Bertz CT molecular complexity index is 263. The molecule has 0 bridgehead atoms. The molecule has 0 spiro atoms. The highest BCUT2D eigenvalue weighted by molar-refractivity contribution is 5.47. The maximum absolute atomic E-state index is 5.67. The topological polar surface area (TPSA) is 55.3 Å². The minimum Gasteiger partial charge on any atom is -0.401 e. The quantitative estimate of drug-likeness (QED) is 0.559. The maximum atomic E-state index is 5.67. The molecule has 3 heteroatoms. The van der Waals surface area contributed by atoms with E-state index < -0.39 is 0 Å². The molecule has 0 atom stereocenters. The van der Waals surface area contributed by atoms with Gasteiger partial charge in [-0.3, -0.25) is 5.01 Å². The van der Waals surface area contributed by atoms with Gasteiger partial charge in [-0.05, 0) is 19.1 Å². The summed E-state index contributed by atoms with van der Waals surface area (Å²) in [7, 11) is 0. The van der Waals surface area contributed by atoms with Gasteiger partial charge in [-0.1, -0.05) is 32.0 Å². The fraction of sp³-hybridized carbons (Fsp3) is 0.273. The molecule has 78 valence electrons. The highest BCUT2D eigenvalue weighted by Crippen LogP contribution is 2.09. The summed E-state index contributed by atoms with van der Waals surface area (Å²) < 4.78 is 0. The fourth-order valence-electron chi connectivity index (χ4n) is 0.894. The highest BCUT2D eigenvalue weighted by Gasteiger charge is 1.94. The molecule has 0 fully saturated rings. The van der Waals surface area contributed by atoms with Gasteiger partial charge in [0, 0.05) is 11.9 Å². The Morgan fingerprint density at radius 1 is 1.21 bits per heavy atom. The molecule has 0 radical (unpaired) electrons. The van der Waals surface area contributed by atoms with Crippen molar-refractivity contribution in [1.29, 1.82) is 0 Å². The molecule has 1 aromatic carbocycles. The van der Waals surface area contributed by atoms with Crippen molar-refractivity contribution in [2.45, 2.75) is 20.8 Å². The molecule has 3 nitrogen and oxygen atoms in total.